The Balaban J connectivity index is 0.000000944. The molecule has 32 heavy (non-hydrogen) atoms. The standard InChI is InChI=1S/C21H23FN4O.C2H5F.C2H6/c1-4-23-13-17-12-16(8-11-20(17)15(3)27)21-14(2)26(25-24-21)19-7-5-6-18(22)9-10-19;1-2-3;1-2/h6-12,23H,4-5,13H2,1-3H3;2H2,1H3;1-2H3. The van der Waals surface area contributed by atoms with Crippen LogP contribution in [0.15, 0.2) is 48.3 Å². The van der Waals surface area contributed by atoms with Gasteiger partial charge in [0, 0.05) is 17.7 Å². The molecule has 1 N–H and O–H groups in total. The lowest BCUT2D eigenvalue weighted by Gasteiger charge is -2.10. The second-order valence-electron chi connectivity index (χ2n) is 6.70. The topological polar surface area (TPSA) is 59.8 Å². The Morgan fingerprint density at radius 3 is 2.50 bits per heavy atom. The van der Waals surface area contributed by atoms with Gasteiger partial charge in [-0.1, -0.05) is 44.2 Å². The minimum atomic E-state index is -0.257. The number of halogens is 2. The van der Waals surface area contributed by atoms with Crippen LogP contribution in [-0.2, 0) is 6.54 Å². The molecular formula is C25H34F2N4O. The Labute approximate surface area is 189 Å². The van der Waals surface area contributed by atoms with Crippen LogP contribution in [0.4, 0.5) is 8.78 Å². The number of carbonyl (C=O) groups is 1. The first-order valence-electron chi connectivity index (χ1n) is 11.0. The van der Waals surface area contributed by atoms with E-state index in [4.69, 9.17) is 0 Å². The number of Topliss-reactive ketones (excluding diaryl/α,β-unsaturated/α-hetero) is 1. The molecule has 0 radical (unpaired) electrons. The highest BCUT2D eigenvalue weighted by atomic mass is 19.1. The van der Waals surface area contributed by atoms with Crippen molar-refractivity contribution < 1.29 is 13.6 Å². The van der Waals surface area contributed by atoms with Crippen molar-refractivity contribution >= 4 is 11.5 Å². The van der Waals surface area contributed by atoms with Crippen LogP contribution in [0.5, 0.6) is 0 Å². The van der Waals surface area contributed by atoms with Crippen molar-refractivity contribution in [2.75, 3.05) is 13.2 Å². The summed E-state index contributed by atoms with van der Waals surface area (Å²) in [7, 11) is 0. The number of allylic oxidation sites excluding steroid dienone is 6. The maximum Gasteiger partial charge on any atom is 0.160 e. The van der Waals surface area contributed by atoms with Crippen molar-refractivity contribution in [2.24, 2.45) is 0 Å². The molecule has 0 unspecified atom stereocenters. The third kappa shape index (κ3) is 7.34. The minimum absolute atomic E-state index is 0.0399. The second kappa shape index (κ2) is 14.2. The fraction of sp³-hybridized carbons (Fsp3) is 0.400. The van der Waals surface area contributed by atoms with E-state index in [2.05, 4.69) is 15.6 Å². The molecular weight excluding hydrogens is 410 g/mol. The largest absolute Gasteiger partial charge is 0.313 e. The minimum Gasteiger partial charge on any atom is -0.313 e. The van der Waals surface area contributed by atoms with E-state index in [9.17, 15) is 13.6 Å². The fourth-order valence-electron chi connectivity index (χ4n) is 3.08. The summed E-state index contributed by atoms with van der Waals surface area (Å²) in [4.78, 5) is 11.9. The number of alkyl halides is 1. The molecule has 0 saturated heterocycles. The molecule has 1 heterocycles. The van der Waals surface area contributed by atoms with Crippen molar-refractivity contribution in [2.45, 2.75) is 54.5 Å². The number of nitrogens with one attached hydrogen (secondary N) is 1. The van der Waals surface area contributed by atoms with Crippen LogP contribution in [0.2, 0.25) is 0 Å². The zero-order valence-corrected chi connectivity index (χ0v) is 19.9. The molecule has 0 spiro atoms. The van der Waals surface area contributed by atoms with Crippen LogP contribution in [0.3, 0.4) is 0 Å². The fourth-order valence-corrected chi connectivity index (χ4v) is 3.08. The Bertz CT molecular complexity index is 974. The van der Waals surface area contributed by atoms with E-state index < -0.39 is 0 Å². The summed E-state index contributed by atoms with van der Waals surface area (Å²) in [6.45, 7) is 12.2. The van der Waals surface area contributed by atoms with Crippen LogP contribution in [0.25, 0.3) is 17.0 Å². The van der Waals surface area contributed by atoms with Gasteiger partial charge in [-0.25, -0.2) is 9.07 Å². The van der Waals surface area contributed by atoms with Gasteiger partial charge < -0.3 is 5.32 Å². The van der Waals surface area contributed by atoms with Crippen LogP contribution >= 0.6 is 0 Å². The van der Waals surface area contributed by atoms with E-state index in [-0.39, 0.29) is 18.3 Å². The molecule has 1 aliphatic carbocycles. The van der Waals surface area contributed by atoms with Gasteiger partial charge in [0.25, 0.3) is 0 Å². The average Bonchev–Trinajstić information content (AvgIpc) is 3.03. The van der Waals surface area contributed by atoms with Crippen molar-refractivity contribution in [3.8, 4) is 11.3 Å². The van der Waals surface area contributed by atoms with E-state index in [0.29, 0.717) is 18.5 Å². The van der Waals surface area contributed by atoms with Gasteiger partial charge in [0.15, 0.2) is 5.78 Å². The molecule has 0 bridgehead atoms. The maximum absolute atomic E-state index is 13.4. The Morgan fingerprint density at radius 2 is 1.88 bits per heavy atom. The van der Waals surface area contributed by atoms with E-state index in [1.165, 1.54) is 19.1 Å². The first-order valence-corrected chi connectivity index (χ1v) is 11.0. The van der Waals surface area contributed by atoms with Gasteiger partial charge >= 0.3 is 0 Å². The van der Waals surface area contributed by atoms with Gasteiger partial charge in [-0.15, -0.1) is 5.10 Å². The van der Waals surface area contributed by atoms with Crippen molar-refractivity contribution in [3.63, 3.8) is 0 Å². The Hall–Kier alpha value is -2.93. The summed E-state index contributed by atoms with van der Waals surface area (Å²) in [6.07, 6.45) is 7.05. The van der Waals surface area contributed by atoms with E-state index in [0.717, 1.165) is 34.8 Å². The molecule has 0 saturated carbocycles. The average molecular weight is 445 g/mol. The van der Waals surface area contributed by atoms with E-state index in [1.54, 1.807) is 17.7 Å². The number of aromatic nitrogens is 3. The summed E-state index contributed by atoms with van der Waals surface area (Å²) in [5, 5.41) is 11.8. The molecule has 3 rings (SSSR count). The number of carbonyl (C=O) groups excluding carboxylic acids is 1. The third-order valence-electron chi connectivity index (χ3n) is 4.52. The number of rotatable bonds is 6. The lowest BCUT2D eigenvalue weighted by atomic mass is 9.99. The number of hydrogen-bond donors (Lipinski definition) is 1. The van der Waals surface area contributed by atoms with Crippen molar-refractivity contribution in [3.05, 3.63) is 65.2 Å². The van der Waals surface area contributed by atoms with Crippen LogP contribution < -0.4 is 5.32 Å². The summed E-state index contributed by atoms with van der Waals surface area (Å²) < 4.78 is 25.4. The highest BCUT2D eigenvalue weighted by Gasteiger charge is 2.16. The normalized spacial score (nSPS) is 12.5. The SMILES string of the molecule is CC.CCF.CCNCc1cc(-c2nnn(C3=CCC=C(F)C=C3)c2C)ccc1C(C)=O. The van der Waals surface area contributed by atoms with Gasteiger partial charge in [-0.05, 0) is 63.6 Å². The van der Waals surface area contributed by atoms with Crippen LogP contribution in [0, 0.1) is 6.92 Å². The zero-order chi connectivity index (χ0) is 24.1. The van der Waals surface area contributed by atoms with Gasteiger partial charge in [-0.2, -0.15) is 0 Å². The van der Waals surface area contributed by atoms with Crippen molar-refractivity contribution in [1.82, 2.24) is 20.3 Å². The summed E-state index contributed by atoms with van der Waals surface area (Å²) in [5.74, 6) is -0.217. The molecule has 2 aromatic rings. The van der Waals surface area contributed by atoms with Crippen LogP contribution in [0.1, 0.15) is 62.7 Å². The molecule has 174 valence electrons. The van der Waals surface area contributed by atoms with E-state index in [1.807, 2.05) is 52.0 Å². The maximum atomic E-state index is 13.4. The number of ketones is 1. The quantitative estimate of drug-likeness (QED) is 0.537. The molecule has 0 atom stereocenters. The zero-order valence-electron chi connectivity index (χ0n) is 19.9. The molecule has 1 aliphatic rings. The predicted molar refractivity (Wildman–Crippen MR) is 128 cm³/mol. The lowest BCUT2D eigenvalue weighted by molar-refractivity contribution is 0.101. The first-order chi connectivity index (χ1) is 15.4. The molecule has 0 fully saturated rings. The highest BCUT2D eigenvalue weighted by Crippen LogP contribution is 2.26. The second-order valence-corrected chi connectivity index (χ2v) is 6.70. The molecule has 7 heteroatoms. The van der Waals surface area contributed by atoms with E-state index >= 15 is 0 Å². The number of hydrogen-bond acceptors (Lipinski definition) is 4. The molecule has 0 amide bonds. The predicted octanol–water partition coefficient (Wildman–Crippen LogP) is 6.22. The molecule has 1 aromatic carbocycles. The highest BCUT2D eigenvalue weighted by molar-refractivity contribution is 5.96. The van der Waals surface area contributed by atoms with Gasteiger partial charge in [0.1, 0.15) is 11.5 Å². The summed E-state index contributed by atoms with van der Waals surface area (Å²) in [6, 6.07) is 5.72. The van der Waals surface area contributed by atoms with Crippen molar-refractivity contribution in [1.29, 1.82) is 0 Å². The monoisotopic (exact) mass is 444 g/mol. The number of nitrogens with zero attached hydrogens (tertiary/aromatic N) is 3. The first kappa shape index (κ1) is 27.1. The third-order valence-corrected chi connectivity index (χ3v) is 4.52. The Kier molecular flexibility index (Phi) is 12.0. The van der Waals surface area contributed by atoms with Crippen LogP contribution in [-0.4, -0.2) is 34.0 Å². The molecule has 1 aromatic heterocycles. The number of benzene rings is 1. The summed E-state index contributed by atoms with van der Waals surface area (Å²) in [5.41, 5.74) is 4.94. The molecule has 0 aliphatic heterocycles. The smallest absolute Gasteiger partial charge is 0.160 e. The van der Waals surface area contributed by atoms with Gasteiger partial charge in [-0.3, -0.25) is 9.18 Å². The van der Waals surface area contributed by atoms with Gasteiger partial charge in [0.2, 0.25) is 0 Å². The Morgan fingerprint density at radius 1 is 1.19 bits per heavy atom. The summed E-state index contributed by atoms with van der Waals surface area (Å²) >= 11 is 0. The lowest BCUT2D eigenvalue weighted by Crippen LogP contribution is -2.14. The molecule has 5 nitrogen and oxygen atoms in total. The van der Waals surface area contributed by atoms with Gasteiger partial charge in [0.05, 0.1) is 18.1 Å².